The van der Waals surface area contributed by atoms with Crippen molar-refractivity contribution in [3.05, 3.63) is 97.5 Å². The number of aromatic nitrogens is 1. The van der Waals surface area contributed by atoms with E-state index in [0.29, 0.717) is 23.8 Å². The molecule has 4 aromatic rings. The number of H-pyrrole nitrogens is 1. The Morgan fingerprint density at radius 1 is 1.03 bits per heavy atom. The van der Waals surface area contributed by atoms with Crippen molar-refractivity contribution in [2.45, 2.75) is 33.9 Å². The maximum atomic E-state index is 12.9. The topological polar surface area (TPSA) is 48.1 Å². The lowest BCUT2D eigenvalue weighted by Gasteiger charge is -2.25. The summed E-state index contributed by atoms with van der Waals surface area (Å²) in [5.41, 5.74) is 5.84. The van der Waals surface area contributed by atoms with Gasteiger partial charge in [0.2, 0.25) is 0 Å². The first-order valence-corrected chi connectivity index (χ1v) is 11.5. The molecule has 2 N–H and O–H groups in total. The van der Waals surface area contributed by atoms with Gasteiger partial charge in [-0.05, 0) is 79.3 Å². The van der Waals surface area contributed by atoms with Crippen LogP contribution in [-0.4, -0.2) is 15.0 Å². The lowest BCUT2D eigenvalue weighted by atomic mass is 10.0. The number of aryl methyl sites for hydroxylation is 3. The van der Waals surface area contributed by atoms with Gasteiger partial charge in [-0.3, -0.25) is 4.79 Å². The van der Waals surface area contributed by atoms with Gasteiger partial charge in [0.1, 0.15) is 0 Å². The molecule has 0 atom stereocenters. The first-order valence-electron chi connectivity index (χ1n) is 10.2. The van der Waals surface area contributed by atoms with Gasteiger partial charge in [-0.1, -0.05) is 30.3 Å². The molecule has 4 rings (SSSR count). The molecule has 0 amide bonds. The minimum atomic E-state index is -0.0734. The van der Waals surface area contributed by atoms with Crippen LogP contribution >= 0.6 is 23.6 Å². The van der Waals surface area contributed by atoms with Crippen LogP contribution < -0.4 is 10.9 Å². The molecule has 0 saturated carbocycles. The maximum Gasteiger partial charge on any atom is 0.253 e. The number of aromatic amines is 1. The molecule has 0 fully saturated rings. The maximum absolute atomic E-state index is 12.9. The zero-order chi connectivity index (χ0) is 22.0. The molecular weight excluding hydrogens is 422 g/mol. The Morgan fingerprint density at radius 2 is 1.84 bits per heavy atom. The predicted molar refractivity (Wildman–Crippen MR) is 135 cm³/mol. The fourth-order valence-corrected chi connectivity index (χ4v) is 4.62. The molecule has 4 nitrogen and oxygen atoms in total. The smallest absolute Gasteiger partial charge is 0.253 e. The predicted octanol–water partition coefficient (Wildman–Crippen LogP) is 5.91. The number of hydrogen-bond acceptors (Lipinski definition) is 3. The Morgan fingerprint density at radius 3 is 2.58 bits per heavy atom. The summed E-state index contributed by atoms with van der Waals surface area (Å²) in [5.74, 6) is 0. The summed E-state index contributed by atoms with van der Waals surface area (Å²) in [6.45, 7) is 7.20. The van der Waals surface area contributed by atoms with Crippen molar-refractivity contribution in [1.82, 2.24) is 9.88 Å². The quantitative estimate of drug-likeness (QED) is 0.373. The zero-order valence-electron chi connectivity index (χ0n) is 17.9. The van der Waals surface area contributed by atoms with Crippen LogP contribution in [0.3, 0.4) is 0 Å². The molecule has 2 heterocycles. The number of anilines is 1. The van der Waals surface area contributed by atoms with Gasteiger partial charge in [0.25, 0.3) is 5.56 Å². The van der Waals surface area contributed by atoms with Crippen molar-refractivity contribution in [2.75, 3.05) is 5.32 Å². The summed E-state index contributed by atoms with van der Waals surface area (Å²) >= 11 is 7.45. The van der Waals surface area contributed by atoms with Gasteiger partial charge >= 0.3 is 0 Å². The first-order chi connectivity index (χ1) is 14.9. The highest BCUT2D eigenvalue weighted by Crippen LogP contribution is 2.21. The Balaban J connectivity index is 1.67. The molecule has 0 saturated heterocycles. The average Bonchev–Trinajstić information content (AvgIpc) is 3.24. The summed E-state index contributed by atoms with van der Waals surface area (Å²) in [7, 11) is 0. The SMILES string of the molecule is Cc1cccc(NC(=S)N(Cc2cccs2)Cc2cc3c(C)ccc(C)c3[nH]c2=O)c1. The van der Waals surface area contributed by atoms with Crippen LogP contribution in [0.2, 0.25) is 0 Å². The fraction of sp³-hybridized carbons (Fsp3) is 0.200. The fourth-order valence-electron chi connectivity index (χ4n) is 3.66. The summed E-state index contributed by atoms with van der Waals surface area (Å²) in [4.78, 5) is 19.2. The third kappa shape index (κ3) is 4.86. The lowest BCUT2D eigenvalue weighted by Crippen LogP contribution is -2.35. The average molecular weight is 448 g/mol. The number of thiocarbonyl (C=S) groups is 1. The van der Waals surface area contributed by atoms with Crippen LogP contribution in [0, 0.1) is 20.8 Å². The summed E-state index contributed by atoms with van der Waals surface area (Å²) in [5, 5.41) is 7.07. The minimum absolute atomic E-state index is 0.0734. The number of nitrogens with one attached hydrogen (secondary N) is 2. The molecule has 6 heteroatoms. The van der Waals surface area contributed by atoms with E-state index in [-0.39, 0.29) is 5.56 Å². The Labute approximate surface area is 191 Å². The van der Waals surface area contributed by atoms with E-state index in [2.05, 4.69) is 53.8 Å². The third-order valence-corrected chi connectivity index (χ3v) is 6.59. The van der Waals surface area contributed by atoms with Crippen molar-refractivity contribution in [3.8, 4) is 0 Å². The summed E-state index contributed by atoms with van der Waals surface area (Å²) in [6.07, 6.45) is 0. The third-order valence-electron chi connectivity index (χ3n) is 5.37. The van der Waals surface area contributed by atoms with Gasteiger partial charge < -0.3 is 15.2 Å². The minimum Gasteiger partial charge on any atom is -0.339 e. The van der Waals surface area contributed by atoms with Gasteiger partial charge in [0.15, 0.2) is 5.11 Å². The van der Waals surface area contributed by atoms with Crippen molar-refractivity contribution in [3.63, 3.8) is 0 Å². The lowest BCUT2D eigenvalue weighted by molar-refractivity contribution is 0.415. The molecule has 2 aromatic carbocycles. The number of hydrogen-bond donors (Lipinski definition) is 2. The second kappa shape index (κ2) is 9.04. The normalized spacial score (nSPS) is 10.9. The molecule has 0 spiro atoms. The van der Waals surface area contributed by atoms with Gasteiger partial charge in [0, 0.05) is 21.5 Å². The Kier molecular flexibility index (Phi) is 6.20. The van der Waals surface area contributed by atoms with E-state index in [9.17, 15) is 4.79 Å². The van der Waals surface area contributed by atoms with E-state index in [1.54, 1.807) is 11.3 Å². The van der Waals surface area contributed by atoms with Crippen LogP contribution in [0.15, 0.2) is 64.8 Å². The molecule has 0 aliphatic rings. The van der Waals surface area contributed by atoms with Crippen molar-refractivity contribution >= 4 is 45.3 Å². The molecule has 0 radical (unpaired) electrons. The van der Waals surface area contributed by atoms with Crippen molar-refractivity contribution < 1.29 is 0 Å². The van der Waals surface area contributed by atoms with E-state index >= 15 is 0 Å². The highest BCUT2D eigenvalue weighted by Gasteiger charge is 2.16. The second-order valence-corrected chi connectivity index (χ2v) is 9.27. The van der Waals surface area contributed by atoms with Gasteiger partial charge in [-0.15, -0.1) is 11.3 Å². The van der Waals surface area contributed by atoms with Crippen LogP contribution in [0.25, 0.3) is 10.9 Å². The van der Waals surface area contributed by atoms with Crippen LogP contribution in [0.1, 0.15) is 27.1 Å². The molecule has 0 aliphatic carbocycles. The van der Waals surface area contributed by atoms with E-state index in [1.165, 1.54) is 4.88 Å². The second-order valence-electron chi connectivity index (χ2n) is 7.85. The number of benzene rings is 2. The highest BCUT2D eigenvalue weighted by molar-refractivity contribution is 7.80. The number of fused-ring (bicyclic) bond motifs is 1. The van der Waals surface area contributed by atoms with Crippen LogP contribution in [0.4, 0.5) is 5.69 Å². The van der Waals surface area contributed by atoms with Crippen molar-refractivity contribution in [2.24, 2.45) is 0 Å². The summed E-state index contributed by atoms with van der Waals surface area (Å²) in [6, 6.07) is 18.4. The highest BCUT2D eigenvalue weighted by atomic mass is 32.1. The number of thiophene rings is 1. The number of rotatable bonds is 5. The molecule has 0 unspecified atom stereocenters. The van der Waals surface area contributed by atoms with Crippen LogP contribution in [0.5, 0.6) is 0 Å². The summed E-state index contributed by atoms with van der Waals surface area (Å²) < 4.78 is 0. The standard InChI is InChI=1S/C25H25N3OS2/c1-16-6-4-7-20(12-16)26-25(30)28(15-21-8-5-11-31-21)14-19-13-22-17(2)9-10-18(3)23(22)27-24(19)29/h4-13H,14-15H2,1-3H3,(H,26,30)(H,27,29). The van der Waals surface area contributed by atoms with Crippen molar-refractivity contribution in [1.29, 1.82) is 0 Å². The Hall–Kier alpha value is -2.96. The first kappa shape index (κ1) is 21.3. The van der Waals surface area contributed by atoms with E-state index in [4.69, 9.17) is 12.2 Å². The molecular formula is C25H25N3OS2. The molecule has 2 aromatic heterocycles. The van der Waals surface area contributed by atoms with E-state index in [0.717, 1.165) is 33.3 Å². The molecule has 0 bridgehead atoms. The van der Waals surface area contributed by atoms with E-state index < -0.39 is 0 Å². The molecule has 158 valence electrons. The molecule has 0 aliphatic heterocycles. The van der Waals surface area contributed by atoms with Gasteiger partial charge in [-0.2, -0.15) is 0 Å². The largest absolute Gasteiger partial charge is 0.339 e. The molecule has 31 heavy (non-hydrogen) atoms. The van der Waals surface area contributed by atoms with E-state index in [1.807, 2.05) is 42.2 Å². The van der Waals surface area contributed by atoms with Gasteiger partial charge in [0.05, 0.1) is 18.6 Å². The van der Waals surface area contributed by atoms with Gasteiger partial charge in [-0.25, -0.2) is 0 Å². The zero-order valence-corrected chi connectivity index (χ0v) is 19.5. The Bertz CT molecular complexity index is 1290. The van der Waals surface area contributed by atoms with Crippen LogP contribution in [-0.2, 0) is 13.1 Å². The number of nitrogens with zero attached hydrogens (tertiary/aromatic N) is 1. The number of pyridine rings is 1. The monoisotopic (exact) mass is 447 g/mol.